The highest BCUT2D eigenvalue weighted by molar-refractivity contribution is 5.95. The molecule has 1 aliphatic rings. The number of ether oxygens (including phenoxy) is 1. The molecule has 1 fully saturated rings. The molecule has 1 aromatic carbocycles. The first kappa shape index (κ1) is 15.7. The number of aliphatic hydroxyl groups is 1. The van der Waals surface area contributed by atoms with Crippen molar-refractivity contribution in [1.82, 2.24) is 15.5 Å². The molecule has 122 valence electrons. The SMILES string of the molecule is O=C(N[C@H](CO)c1ccccc1)c1cn[nH]c1C1CCOCC1. The minimum atomic E-state index is -0.430. The Kier molecular flexibility index (Phi) is 5.05. The smallest absolute Gasteiger partial charge is 0.255 e. The summed E-state index contributed by atoms with van der Waals surface area (Å²) in [4.78, 5) is 12.6. The van der Waals surface area contributed by atoms with Gasteiger partial charge in [0.15, 0.2) is 0 Å². The van der Waals surface area contributed by atoms with E-state index in [1.807, 2.05) is 30.3 Å². The van der Waals surface area contributed by atoms with Gasteiger partial charge in [0.2, 0.25) is 0 Å². The first-order valence-electron chi connectivity index (χ1n) is 7.87. The first-order chi connectivity index (χ1) is 11.3. The van der Waals surface area contributed by atoms with Crippen LogP contribution in [-0.2, 0) is 4.74 Å². The molecule has 1 aromatic heterocycles. The number of aliphatic hydroxyl groups excluding tert-OH is 1. The van der Waals surface area contributed by atoms with Crippen molar-refractivity contribution in [2.45, 2.75) is 24.8 Å². The molecule has 1 saturated heterocycles. The average molecular weight is 315 g/mol. The Balaban J connectivity index is 1.74. The Morgan fingerprint density at radius 1 is 1.35 bits per heavy atom. The summed E-state index contributed by atoms with van der Waals surface area (Å²) >= 11 is 0. The molecule has 0 radical (unpaired) electrons. The summed E-state index contributed by atoms with van der Waals surface area (Å²) in [7, 11) is 0. The highest BCUT2D eigenvalue weighted by Gasteiger charge is 2.25. The van der Waals surface area contributed by atoms with Crippen molar-refractivity contribution < 1.29 is 14.6 Å². The lowest BCUT2D eigenvalue weighted by atomic mass is 9.93. The van der Waals surface area contributed by atoms with Crippen molar-refractivity contribution in [1.29, 1.82) is 0 Å². The largest absolute Gasteiger partial charge is 0.394 e. The maximum absolute atomic E-state index is 12.6. The van der Waals surface area contributed by atoms with Crippen LogP contribution >= 0.6 is 0 Å². The highest BCUT2D eigenvalue weighted by Crippen LogP contribution is 2.28. The average Bonchev–Trinajstić information content (AvgIpc) is 3.11. The lowest BCUT2D eigenvalue weighted by Crippen LogP contribution is -2.31. The number of rotatable bonds is 5. The van der Waals surface area contributed by atoms with E-state index in [9.17, 15) is 9.90 Å². The number of H-pyrrole nitrogens is 1. The number of nitrogens with one attached hydrogen (secondary N) is 2. The third-order valence-electron chi connectivity index (χ3n) is 4.23. The number of hydrogen-bond acceptors (Lipinski definition) is 4. The van der Waals surface area contributed by atoms with Crippen LogP contribution in [0.1, 0.15) is 46.4 Å². The standard InChI is InChI=1S/C17H21N3O3/c21-11-15(12-4-2-1-3-5-12)19-17(22)14-10-18-20-16(14)13-6-8-23-9-7-13/h1-5,10,13,15,21H,6-9,11H2,(H,18,20)(H,19,22)/t15-/m1/s1. The second kappa shape index (κ2) is 7.39. The van der Waals surface area contributed by atoms with E-state index in [2.05, 4.69) is 15.5 Å². The van der Waals surface area contributed by atoms with Crippen LogP contribution in [-0.4, -0.2) is 41.0 Å². The molecule has 3 N–H and O–H groups in total. The zero-order chi connectivity index (χ0) is 16.1. The molecule has 2 heterocycles. The molecule has 3 rings (SSSR count). The lowest BCUT2D eigenvalue weighted by molar-refractivity contribution is 0.0829. The van der Waals surface area contributed by atoms with Crippen LogP contribution < -0.4 is 5.32 Å². The number of hydrogen-bond donors (Lipinski definition) is 3. The quantitative estimate of drug-likeness (QED) is 0.785. The van der Waals surface area contributed by atoms with Crippen LogP contribution in [0.5, 0.6) is 0 Å². The number of carbonyl (C=O) groups excluding carboxylic acids is 1. The minimum absolute atomic E-state index is 0.153. The van der Waals surface area contributed by atoms with Gasteiger partial charge in [0.25, 0.3) is 5.91 Å². The number of carbonyl (C=O) groups is 1. The topological polar surface area (TPSA) is 87.2 Å². The van der Waals surface area contributed by atoms with E-state index < -0.39 is 6.04 Å². The van der Waals surface area contributed by atoms with Gasteiger partial charge < -0.3 is 15.2 Å². The zero-order valence-corrected chi connectivity index (χ0v) is 12.9. The molecule has 1 aliphatic heterocycles. The maximum atomic E-state index is 12.6. The van der Waals surface area contributed by atoms with Gasteiger partial charge in [-0.25, -0.2) is 0 Å². The molecule has 23 heavy (non-hydrogen) atoms. The maximum Gasteiger partial charge on any atom is 0.255 e. The molecular formula is C17H21N3O3. The van der Waals surface area contributed by atoms with Gasteiger partial charge in [0.05, 0.1) is 30.1 Å². The Bertz CT molecular complexity index is 636. The van der Waals surface area contributed by atoms with Crippen molar-refractivity contribution in [3.63, 3.8) is 0 Å². The molecule has 1 atom stereocenters. The van der Waals surface area contributed by atoms with Gasteiger partial charge in [0, 0.05) is 19.1 Å². The number of aromatic nitrogens is 2. The predicted octanol–water partition coefficient (Wildman–Crippen LogP) is 1.77. The summed E-state index contributed by atoms with van der Waals surface area (Å²) in [5, 5.41) is 19.5. The summed E-state index contributed by atoms with van der Waals surface area (Å²) in [6.45, 7) is 1.25. The van der Waals surface area contributed by atoms with Crippen molar-refractivity contribution in [3.05, 3.63) is 53.3 Å². The van der Waals surface area contributed by atoms with Crippen LogP contribution in [0.3, 0.4) is 0 Å². The van der Waals surface area contributed by atoms with Crippen LogP contribution in [0, 0.1) is 0 Å². The molecule has 0 saturated carbocycles. The summed E-state index contributed by atoms with van der Waals surface area (Å²) < 4.78 is 5.37. The third-order valence-corrected chi connectivity index (χ3v) is 4.23. The highest BCUT2D eigenvalue weighted by atomic mass is 16.5. The summed E-state index contributed by atoms with van der Waals surface area (Å²) in [6, 6.07) is 9.01. The van der Waals surface area contributed by atoms with E-state index in [1.165, 1.54) is 0 Å². The first-order valence-corrected chi connectivity index (χ1v) is 7.87. The Labute approximate surface area is 134 Å². The van der Waals surface area contributed by atoms with Crippen LogP contribution in [0.15, 0.2) is 36.5 Å². The van der Waals surface area contributed by atoms with Gasteiger partial charge in [-0.1, -0.05) is 30.3 Å². The van der Waals surface area contributed by atoms with Crippen LogP contribution in [0.4, 0.5) is 0 Å². The monoisotopic (exact) mass is 315 g/mol. The van der Waals surface area contributed by atoms with E-state index >= 15 is 0 Å². The molecular weight excluding hydrogens is 294 g/mol. The number of aromatic amines is 1. The van der Waals surface area contributed by atoms with Crippen LogP contribution in [0.2, 0.25) is 0 Å². The van der Waals surface area contributed by atoms with Gasteiger partial charge in [0.1, 0.15) is 0 Å². The fourth-order valence-electron chi connectivity index (χ4n) is 2.93. The molecule has 0 bridgehead atoms. The van der Waals surface area contributed by atoms with Crippen LogP contribution in [0.25, 0.3) is 0 Å². The second-order valence-corrected chi connectivity index (χ2v) is 5.70. The fourth-order valence-corrected chi connectivity index (χ4v) is 2.93. The molecule has 6 heteroatoms. The molecule has 2 aromatic rings. The second-order valence-electron chi connectivity index (χ2n) is 5.70. The Morgan fingerprint density at radius 2 is 2.09 bits per heavy atom. The van der Waals surface area contributed by atoms with E-state index in [0.29, 0.717) is 18.8 Å². The van der Waals surface area contributed by atoms with E-state index in [1.54, 1.807) is 6.20 Å². The van der Waals surface area contributed by atoms with E-state index in [4.69, 9.17) is 4.74 Å². The van der Waals surface area contributed by atoms with Gasteiger partial charge in [-0.3, -0.25) is 9.89 Å². The number of amides is 1. The Hall–Kier alpha value is -2.18. The van der Waals surface area contributed by atoms with Crippen molar-refractivity contribution >= 4 is 5.91 Å². The van der Waals surface area contributed by atoms with Crippen molar-refractivity contribution in [3.8, 4) is 0 Å². The zero-order valence-electron chi connectivity index (χ0n) is 12.9. The lowest BCUT2D eigenvalue weighted by Gasteiger charge is -2.22. The fraction of sp³-hybridized carbons (Fsp3) is 0.412. The van der Waals surface area contributed by atoms with Gasteiger partial charge in [-0.15, -0.1) is 0 Å². The van der Waals surface area contributed by atoms with E-state index in [0.717, 1.165) is 24.1 Å². The van der Waals surface area contributed by atoms with Gasteiger partial charge in [-0.2, -0.15) is 5.10 Å². The number of benzene rings is 1. The molecule has 1 amide bonds. The summed E-state index contributed by atoms with van der Waals surface area (Å²) in [5.41, 5.74) is 2.28. The van der Waals surface area contributed by atoms with E-state index in [-0.39, 0.29) is 18.4 Å². The molecule has 0 unspecified atom stereocenters. The normalized spacial score (nSPS) is 16.9. The predicted molar refractivity (Wildman–Crippen MR) is 85.1 cm³/mol. The summed E-state index contributed by atoms with van der Waals surface area (Å²) in [6.07, 6.45) is 3.31. The number of nitrogens with zero attached hydrogens (tertiary/aromatic N) is 1. The summed E-state index contributed by atoms with van der Waals surface area (Å²) in [5.74, 6) is 0.0412. The third kappa shape index (κ3) is 3.60. The van der Waals surface area contributed by atoms with Gasteiger partial charge >= 0.3 is 0 Å². The molecule has 0 aliphatic carbocycles. The minimum Gasteiger partial charge on any atom is -0.394 e. The van der Waals surface area contributed by atoms with Gasteiger partial charge in [-0.05, 0) is 18.4 Å². The van der Waals surface area contributed by atoms with Crippen molar-refractivity contribution in [2.24, 2.45) is 0 Å². The Morgan fingerprint density at radius 3 is 2.78 bits per heavy atom. The van der Waals surface area contributed by atoms with Crippen molar-refractivity contribution in [2.75, 3.05) is 19.8 Å². The molecule has 0 spiro atoms. The molecule has 6 nitrogen and oxygen atoms in total.